The standard InChI is InChI=1S/C15H15N3O2/c1-9-2-4-10(5-3-9)11-7-16-15(17-8-11)18-13-6-12(13)14(19)20/h2-5,7-8,12-13H,6H2,1H3,(H,19,20)(H,16,17,18). The molecule has 1 aliphatic carbocycles. The SMILES string of the molecule is Cc1ccc(-c2cnc(NC3CC3C(=O)O)nc2)cc1. The molecule has 1 aromatic heterocycles. The van der Waals surface area contributed by atoms with E-state index in [0.29, 0.717) is 12.4 Å². The Bertz CT molecular complexity index is 623. The topological polar surface area (TPSA) is 75.1 Å². The lowest BCUT2D eigenvalue weighted by Crippen LogP contribution is -2.12. The molecule has 102 valence electrons. The van der Waals surface area contributed by atoms with E-state index in [1.807, 2.05) is 31.2 Å². The second-order valence-electron chi connectivity index (χ2n) is 5.09. The van der Waals surface area contributed by atoms with Crippen LogP contribution < -0.4 is 5.32 Å². The van der Waals surface area contributed by atoms with Gasteiger partial charge in [-0.2, -0.15) is 0 Å². The van der Waals surface area contributed by atoms with E-state index in [4.69, 9.17) is 5.11 Å². The van der Waals surface area contributed by atoms with E-state index in [9.17, 15) is 4.79 Å². The Morgan fingerprint density at radius 1 is 1.20 bits per heavy atom. The lowest BCUT2D eigenvalue weighted by atomic mass is 10.1. The maximum Gasteiger partial charge on any atom is 0.308 e. The Hall–Kier alpha value is -2.43. The first-order chi connectivity index (χ1) is 9.63. The normalized spacial score (nSPS) is 20.4. The zero-order valence-corrected chi connectivity index (χ0v) is 11.1. The maximum absolute atomic E-state index is 10.7. The smallest absolute Gasteiger partial charge is 0.308 e. The van der Waals surface area contributed by atoms with Gasteiger partial charge >= 0.3 is 5.97 Å². The first-order valence-electron chi connectivity index (χ1n) is 6.52. The first kappa shape index (κ1) is 12.6. The highest BCUT2D eigenvalue weighted by atomic mass is 16.4. The van der Waals surface area contributed by atoms with Gasteiger partial charge in [0.15, 0.2) is 0 Å². The summed E-state index contributed by atoms with van der Waals surface area (Å²) in [4.78, 5) is 19.2. The summed E-state index contributed by atoms with van der Waals surface area (Å²) in [6.07, 6.45) is 4.13. The summed E-state index contributed by atoms with van der Waals surface area (Å²) >= 11 is 0. The third-order valence-corrected chi connectivity index (χ3v) is 3.46. The first-order valence-corrected chi connectivity index (χ1v) is 6.52. The van der Waals surface area contributed by atoms with Gasteiger partial charge in [0.05, 0.1) is 5.92 Å². The number of carboxylic acid groups (broad SMARTS) is 1. The van der Waals surface area contributed by atoms with E-state index in [1.165, 1.54) is 5.56 Å². The van der Waals surface area contributed by atoms with Gasteiger partial charge in [0.2, 0.25) is 5.95 Å². The molecule has 1 saturated carbocycles. The average molecular weight is 269 g/mol. The Balaban J connectivity index is 1.69. The van der Waals surface area contributed by atoms with Crippen molar-refractivity contribution in [1.29, 1.82) is 0 Å². The van der Waals surface area contributed by atoms with Crippen molar-refractivity contribution < 1.29 is 9.90 Å². The van der Waals surface area contributed by atoms with Crippen LogP contribution in [0.4, 0.5) is 5.95 Å². The van der Waals surface area contributed by atoms with Crippen LogP contribution in [0.25, 0.3) is 11.1 Å². The number of hydrogen-bond acceptors (Lipinski definition) is 4. The third kappa shape index (κ3) is 2.61. The molecule has 5 heteroatoms. The molecular formula is C15H15N3O2. The number of nitrogens with zero attached hydrogens (tertiary/aromatic N) is 2. The van der Waals surface area contributed by atoms with Crippen molar-refractivity contribution in [3.8, 4) is 11.1 Å². The minimum atomic E-state index is -0.765. The van der Waals surface area contributed by atoms with Crippen LogP contribution in [-0.4, -0.2) is 27.1 Å². The van der Waals surface area contributed by atoms with E-state index in [0.717, 1.165) is 11.1 Å². The van der Waals surface area contributed by atoms with Crippen LogP contribution in [0.3, 0.4) is 0 Å². The van der Waals surface area contributed by atoms with E-state index < -0.39 is 5.97 Å². The molecule has 0 saturated heterocycles. The molecule has 0 aliphatic heterocycles. The number of anilines is 1. The molecule has 3 rings (SSSR count). The number of nitrogens with one attached hydrogen (secondary N) is 1. The number of aryl methyl sites for hydroxylation is 1. The van der Waals surface area contributed by atoms with Gasteiger partial charge in [-0.3, -0.25) is 4.79 Å². The molecule has 0 spiro atoms. The molecule has 2 aromatic rings. The molecule has 2 N–H and O–H groups in total. The molecule has 5 nitrogen and oxygen atoms in total. The van der Waals surface area contributed by atoms with Crippen molar-refractivity contribution in [3.05, 3.63) is 42.2 Å². The zero-order chi connectivity index (χ0) is 14.1. The van der Waals surface area contributed by atoms with Gasteiger partial charge in [0.1, 0.15) is 0 Å². The van der Waals surface area contributed by atoms with Gasteiger partial charge in [0, 0.05) is 24.0 Å². The number of carbonyl (C=O) groups is 1. The third-order valence-electron chi connectivity index (χ3n) is 3.46. The van der Waals surface area contributed by atoms with Crippen LogP contribution in [0.5, 0.6) is 0 Å². The lowest BCUT2D eigenvalue weighted by molar-refractivity contribution is -0.138. The van der Waals surface area contributed by atoms with Crippen LogP contribution in [0.1, 0.15) is 12.0 Å². The highest BCUT2D eigenvalue weighted by Gasteiger charge is 2.43. The summed E-state index contributed by atoms with van der Waals surface area (Å²) in [5, 5.41) is 11.9. The van der Waals surface area contributed by atoms with Crippen molar-refractivity contribution in [1.82, 2.24) is 9.97 Å². The molecular weight excluding hydrogens is 254 g/mol. The molecule has 2 atom stereocenters. The van der Waals surface area contributed by atoms with Gasteiger partial charge in [-0.25, -0.2) is 9.97 Å². The van der Waals surface area contributed by atoms with E-state index in [-0.39, 0.29) is 12.0 Å². The summed E-state index contributed by atoms with van der Waals surface area (Å²) < 4.78 is 0. The quantitative estimate of drug-likeness (QED) is 0.891. The second-order valence-corrected chi connectivity index (χ2v) is 5.09. The van der Waals surface area contributed by atoms with Gasteiger partial charge < -0.3 is 10.4 Å². The maximum atomic E-state index is 10.7. The Morgan fingerprint density at radius 2 is 1.85 bits per heavy atom. The van der Waals surface area contributed by atoms with Gasteiger partial charge in [-0.05, 0) is 18.9 Å². The van der Waals surface area contributed by atoms with Crippen LogP contribution in [-0.2, 0) is 4.79 Å². The number of hydrogen-bond donors (Lipinski definition) is 2. The van der Waals surface area contributed by atoms with Gasteiger partial charge in [-0.1, -0.05) is 29.8 Å². The number of benzene rings is 1. The van der Waals surface area contributed by atoms with Crippen molar-refractivity contribution in [2.45, 2.75) is 19.4 Å². The van der Waals surface area contributed by atoms with Crippen LogP contribution in [0, 0.1) is 12.8 Å². The van der Waals surface area contributed by atoms with E-state index in [2.05, 4.69) is 15.3 Å². The largest absolute Gasteiger partial charge is 0.481 e. The van der Waals surface area contributed by atoms with Crippen LogP contribution in [0.15, 0.2) is 36.7 Å². The molecule has 20 heavy (non-hydrogen) atoms. The number of rotatable bonds is 4. The summed E-state index contributed by atoms with van der Waals surface area (Å²) in [6.45, 7) is 2.04. The van der Waals surface area contributed by atoms with Crippen molar-refractivity contribution in [2.75, 3.05) is 5.32 Å². The second kappa shape index (κ2) is 4.92. The highest BCUT2D eigenvalue weighted by Crippen LogP contribution is 2.32. The fourth-order valence-electron chi connectivity index (χ4n) is 2.09. The van der Waals surface area contributed by atoms with Crippen molar-refractivity contribution >= 4 is 11.9 Å². The highest BCUT2D eigenvalue weighted by molar-refractivity contribution is 5.75. The Labute approximate surface area is 116 Å². The molecule has 2 unspecified atom stereocenters. The van der Waals surface area contributed by atoms with Crippen molar-refractivity contribution in [3.63, 3.8) is 0 Å². The monoisotopic (exact) mass is 269 g/mol. The Kier molecular flexibility index (Phi) is 3.10. The Morgan fingerprint density at radius 3 is 2.40 bits per heavy atom. The average Bonchev–Trinajstić information content (AvgIpc) is 3.20. The minimum absolute atomic E-state index is 0.0438. The molecule has 0 amide bonds. The summed E-state index contributed by atoms with van der Waals surface area (Å²) in [7, 11) is 0. The van der Waals surface area contributed by atoms with Gasteiger partial charge in [-0.15, -0.1) is 0 Å². The number of aliphatic carboxylic acids is 1. The van der Waals surface area contributed by atoms with Crippen LogP contribution >= 0.6 is 0 Å². The molecule has 1 aliphatic rings. The fourth-order valence-corrected chi connectivity index (χ4v) is 2.09. The summed E-state index contributed by atoms with van der Waals surface area (Å²) in [6, 6.07) is 8.11. The summed E-state index contributed by atoms with van der Waals surface area (Å²) in [5.74, 6) is -0.594. The fraction of sp³-hybridized carbons (Fsp3) is 0.267. The molecule has 0 bridgehead atoms. The molecule has 1 heterocycles. The molecule has 1 aromatic carbocycles. The minimum Gasteiger partial charge on any atom is -0.481 e. The van der Waals surface area contributed by atoms with Gasteiger partial charge in [0.25, 0.3) is 0 Å². The molecule has 0 radical (unpaired) electrons. The molecule has 1 fully saturated rings. The predicted octanol–water partition coefficient (Wildman–Crippen LogP) is 2.34. The van der Waals surface area contributed by atoms with E-state index >= 15 is 0 Å². The van der Waals surface area contributed by atoms with E-state index in [1.54, 1.807) is 12.4 Å². The predicted molar refractivity (Wildman–Crippen MR) is 75.4 cm³/mol. The lowest BCUT2D eigenvalue weighted by Gasteiger charge is -2.05. The number of aromatic nitrogens is 2. The summed E-state index contributed by atoms with van der Waals surface area (Å²) in [5.41, 5.74) is 3.22. The number of carboxylic acids is 1. The zero-order valence-electron chi connectivity index (χ0n) is 11.1. The van der Waals surface area contributed by atoms with Crippen molar-refractivity contribution in [2.24, 2.45) is 5.92 Å². The van der Waals surface area contributed by atoms with Crippen LogP contribution in [0.2, 0.25) is 0 Å².